The van der Waals surface area contributed by atoms with Gasteiger partial charge in [-0.1, -0.05) is 12.1 Å². The Labute approximate surface area is 141 Å². The molecule has 4 rings (SSSR count). The second-order valence-electron chi connectivity index (χ2n) is 7.79. The minimum absolute atomic E-state index is 0.0380. The number of rotatable bonds is 0. The minimum Gasteiger partial charge on any atom is -0.444 e. The number of anilines is 1. The van der Waals surface area contributed by atoms with Crippen molar-refractivity contribution in [2.45, 2.75) is 50.9 Å². The number of hydroxylamine groups is 1. The Balaban J connectivity index is 1.67. The number of para-hydroxylation sites is 1. The van der Waals surface area contributed by atoms with Gasteiger partial charge in [-0.2, -0.15) is 0 Å². The molecule has 1 unspecified atom stereocenters. The van der Waals surface area contributed by atoms with E-state index in [1.807, 2.05) is 45.0 Å². The topological polar surface area (TPSA) is 59.1 Å². The van der Waals surface area contributed by atoms with E-state index in [4.69, 9.17) is 9.57 Å². The van der Waals surface area contributed by atoms with Crippen LogP contribution in [0.3, 0.4) is 0 Å². The largest absolute Gasteiger partial charge is 0.444 e. The predicted molar refractivity (Wildman–Crippen MR) is 87.9 cm³/mol. The van der Waals surface area contributed by atoms with Crippen LogP contribution < -0.4 is 5.06 Å². The van der Waals surface area contributed by atoms with Crippen molar-refractivity contribution in [3.8, 4) is 0 Å². The van der Waals surface area contributed by atoms with Gasteiger partial charge in [0.2, 0.25) is 0 Å². The number of likely N-dealkylation sites (tertiary alicyclic amines) is 1. The van der Waals surface area contributed by atoms with E-state index in [0.717, 1.165) is 5.69 Å². The van der Waals surface area contributed by atoms with Crippen molar-refractivity contribution in [1.82, 2.24) is 4.90 Å². The van der Waals surface area contributed by atoms with E-state index < -0.39 is 11.1 Å². The molecule has 24 heavy (non-hydrogen) atoms. The van der Waals surface area contributed by atoms with Crippen molar-refractivity contribution < 1.29 is 19.2 Å². The second kappa shape index (κ2) is 4.96. The Morgan fingerprint density at radius 2 is 2.08 bits per heavy atom. The van der Waals surface area contributed by atoms with E-state index in [-0.39, 0.29) is 18.0 Å². The molecule has 128 valence electrons. The monoisotopic (exact) mass is 330 g/mol. The maximum Gasteiger partial charge on any atom is 0.410 e. The van der Waals surface area contributed by atoms with Crippen LogP contribution in [0.1, 0.15) is 44.0 Å². The number of fused-ring (bicyclic) bond motifs is 3. The highest BCUT2D eigenvalue weighted by Crippen LogP contribution is 2.48. The molecule has 2 saturated heterocycles. The maximum absolute atomic E-state index is 13.1. The average molecular weight is 330 g/mol. The number of hydrogen-bond donors (Lipinski definition) is 0. The third-order valence-electron chi connectivity index (χ3n) is 4.82. The van der Waals surface area contributed by atoms with Gasteiger partial charge in [0.05, 0.1) is 18.3 Å². The molecule has 1 aromatic rings. The van der Waals surface area contributed by atoms with Crippen molar-refractivity contribution in [1.29, 1.82) is 0 Å². The molecular weight excluding hydrogens is 308 g/mol. The number of hydrogen-bond acceptors (Lipinski definition) is 5. The van der Waals surface area contributed by atoms with Crippen LogP contribution in [0.25, 0.3) is 0 Å². The van der Waals surface area contributed by atoms with E-state index in [1.165, 1.54) is 0 Å². The molecule has 6 nitrogen and oxygen atoms in total. The molecule has 0 saturated carbocycles. The van der Waals surface area contributed by atoms with Gasteiger partial charge in [0, 0.05) is 18.5 Å². The zero-order valence-corrected chi connectivity index (χ0v) is 14.2. The lowest BCUT2D eigenvalue weighted by atomic mass is 9.88. The molecule has 0 radical (unpaired) electrons. The van der Waals surface area contributed by atoms with Crippen LogP contribution in [0.2, 0.25) is 0 Å². The molecule has 6 heteroatoms. The highest BCUT2D eigenvalue weighted by Gasteiger charge is 2.60. The summed E-state index contributed by atoms with van der Waals surface area (Å²) in [6, 6.07) is 7.48. The molecule has 0 N–H and O–H groups in total. The van der Waals surface area contributed by atoms with Crippen LogP contribution in [-0.2, 0) is 9.57 Å². The van der Waals surface area contributed by atoms with Crippen LogP contribution in [0, 0.1) is 0 Å². The first-order valence-electron chi connectivity index (χ1n) is 8.39. The normalized spacial score (nSPS) is 28.5. The standard InChI is InChI=1S/C18H22N2O4/c1-17(2,3)23-16(22)19-9-8-12-10-18(11-19)15(21)13-6-4-5-7-14(13)20(18)24-12/h4-7,12H,8-11H2,1-3H3/t12-,18?/m0/s1. The van der Waals surface area contributed by atoms with Gasteiger partial charge >= 0.3 is 6.09 Å². The summed E-state index contributed by atoms with van der Waals surface area (Å²) in [5.41, 5.74) is 0.0961. The fraction of sp³-hybridized carbons (Fsp3) is 0.556. The lowest BCUT2D eigenvalue weighted by Crippen LogP contribution is -2.55. The maximum atomic E-state index is 13.1. The molecule has 3 aliphatic heterocycles. The number of amides is 1. The van der Waals surface area contributed by atoms with E-state index >= 15 is 0 Å². The summed E-state index contributed by atoms with van der Waals surface area (Å²) in [6.07, 6.45) is 0.898. The first kappa shape index (κ1) is 15.4. The zero-order chi connectivity index (χ0) is 17.1. The number of carbonyl (C=O) groups excluding carboxylic acids is 2. The van der Waals surface area contributed by atoms with Gasteiger partial charge in [0.25, 0.3) is 0 Å². The number of ketones is 1. The van der Waals surface area contributed by atoms with E-state index in [2.05, 4.69) is 0 Å². The van der Waals surface area contributed by atoms with E-state index in [0.29, 0.717) is 31.5 Å². The quantitative estimate of drug-likeness (QED) is 0.732. The number of ether oxygens (including phenoxy) is 1. The molecule has 3 aliphatic rings. The third kappa shape index (κ3) is 2.20. The lowest BCUT2D eigenvalue weighted by molar-refractivity contribution is 0.00858. The molecule has 0 aromatic heterocycles. The first-order valence-corrected chi connectivity index (χ1v) is 8.39. The minimum atomic E-state index is -0.818. The molecule has 3 heterocycles. The summed E-state index contributed by atoms with van der Waals surface area (Å²) in [5, 5.41) is 1.74. The summed E-state index contributed by atoms with van der Waals surface area (Å²) < 4.78 is 5.51. The molecule has 0 aliphatic carbocycles. The number of benzene rings is 1. The summed E-state index contributed by atoms with van der Waals surface area (Å²) in [6.45, 7) is 6.38. The molecule has 2 bridgehead atoms. The predicted octanol–water partition coefficient (Wildman–Crippen LogP) is 2.77. The van der Waals surface area contributed by atoms with Crippen LogP contribution >= 0.6 is 0 Å². The van der Waals surface area contributed by atoms with E-state index in [9.17, 15) is 9.59 Å². The molecule has 1 aromatic carbocycles. The number of Topliss-reactive ketones (excluding diaryl/α,β-unsaturated/α-hetero) is 1. The Hall–Kier alpha value is -2.08. The van der Waals surface area contributed by atoms with Gasteiger partial charge in [0.15, 0.2) is 11.3 Å². The molecule has 1 amide bonds. The van der Waals surface area contributed by atoms with Crippen LogP contribution in [0.5, 0.6) is 0 Å². The highest BCUT2D eigenvalue weighted by atomic mass is 16.7. The van der Waals surface area contributed by atoms with E-state index in [1.54, 1.807) is 9.96 Å². The van der Waals surface area contributed by atoms with Crippen LogP contribution in [0.15, 0.2) is 24.3 Å². The Morgan fingerprint density at radius 1 is 1.33 bits per heavy atom. The Bertz CT molecular complexity index is 711. The van der Waals surface area contributed by atoms with Gasteiger partial charge in [-0.3, -0.25) is 9.63 Å². The van der Waals surface area contributed by atoms with Crippen molar-refractivity contribution in [2.75, 3.05) is 18.2 Å². The first-order chi connectivity index (χ1) is 11.3. The van der Waals surface area contributed by atoms with Crippen LogP contribution in [0.4, 0.5) is 10.5 Å². The van der Waals surface area contributed by atoms with Crippen molar-refractivity contribution in [3.05, 3.63) is 29.8 Å². The zero-order valence-electron chi connectivity index (χ0n) is 14.2. The molecule has 2 atom stereocenters. The summed E-state index contributed by atoms with van der Waals surface area (Å²) in [5.74, 6) is 0.0380. The van der Waals surface area contributed by atoms with Gasteiger partial charge in [-0.15, -0.1) is 0 Å². The van der Waals surface area contributed by atoms with Gasteiger partial charge in [-0.05, 0) is 39.3 Å². The average Bonchev–Trinajstić information content (AvgIpc) is 2.85. The highest BCUT2D eigenvalue weighted by molar-refractivity contribution is 6.14. The summed E-state index contributed by atoms with van der Waals surface area (Å²) >= 11 is 0. The summed E-state index contributed by atoms with van der Waals surface area (Å²) in [4.78, 5) is 33.4. The fourth-order valence-electron chi connectivity index (χ4n) is 3.84. The molecular formula is C18H22N2O4. The Morgan fingerprint density at radius 3 is 2.83 bits per heavy atom. The van der Waals surface area contributed by atoms with Gasteiger partial charge < -0.3 is 9.64 Å². The van der Waals surface area contributed by atoms with Crippen molar-refractivity contribution in [2.24, 2.45) is 0 Å². The van der Waals surface area contributed by atoms with Crippen molar-refractivity contribution in [3.63, 3.8) is 0 Å². The SMILES string of the molecule is CC(C)(C)OC(=O)N1CC[C@H]2CC3(C1)C(=O)c1ccccc1N3O2. The molecule has 1 spiro atoms. The van der Waals surface area contributed by atoms with Gasteiger partial charge in [-0.25, -0.2) is 9.86 Å². The second-order valence-corrected chi connectivity index (χ2v) is 7.79. The smallest absolute Gasteiger partial charge is 0.410 e. The molecule has 2 fully saturated rings. The van der Waals surface area contributed by atoms with Crippen LogP contribution in [-0.4, -0.2) is 47.1 Å². The summed E-state index contributed by atoms with van der Waals surface area (Å²) in [7, 11) is 0. The Kier molecular flexibility index (Phi) is 3.19. The number of carbonyl (C=O) groups is 2. The third-order valence-corrected chi connectivity index (χ3v) is 4.82. The fourth-order valence-corrected chi connectivity index (χ4v) is 3.84. The van der Waals surface area contributed by atoms with Crippen molar-refractivity contribution >= 4 is 17.6 Å². The lowest BCUT2D eigenvalue weighted by Gasteiger charge is -2.36. The van der Waals surface area contributed by atoms with Gasteiger partial charge in [0.1, 0.15) is 5.60 Å². The number of nitrogens with zero attached hydrogens (tertiary/aromatic N) is 2.